The van der Waals surface area contributed by atoms with E-state index in [0.717, 1.165) is 22.4 Å². The Bertz CT molecular complexity index is 1660. The standard InChI is InChI=1S/C42H57N5O7/c1-4-29(2)42(46-39(51)34(43)19-12-20-38(49)50)23-24-47(41(42)53)36(22-21-30-13-7-5-8-14-30)40(52)45-35(26-31-15-9-6-10-16-31)37(48)28-44-27-32-17-11-18-33(25-32)54-3/h5-11,13-18,25,29,34-37,44,48H,4,12,19-24,26-28,43H2,1-3H3,(H,45,52)(H,46,51)(H,49,50)/t29-,34-,35-,36-,37?,42-/m0/s1. The van der Waals surface area contributed by atoms with Gasteiger partial charge in [0.25, 0.3) is 0 Å². The molecule has 1 heterocycles. The molecule has 3 aromatic carbocycles. The number of carboxylic acids is 1. The highest BCUT2D eigenvalue weighted by molar-refractivity contribution is 5.97. The van der Waals surface area contributed by atoms with Crippen molar-refractivity contribution < 1.29 is 34.1 Å². The zero-order chi connectivity index (χ0) is 39.1. The predicted octanol–water partition coefficient (Wildman–Crippen LogP) is 3.59. The van der Waals surface area contributed by atoms with E-state index in [9.17, 15) is 24.3 Å². The number of benzene rings is 3. The second-order valence-electron chi connectivity index (χ2n) is 14.3. The summed E-state index contributed by atoms with van der Waals surface area (Å²) in [6.45, 7) is 4.76. The summed E-state index contributed by atoms with van der Waals surface area (Å²) in [5.41, 5.74) is 7.83. The largest absolute Gasteiger partial charge is 0.497 e. The number of aliphatic hydroxyl groups is 1. The van der Waals surface area contributed by atoms with Crippen LogP contribution in [0, 0.1) is 5.92 Å². The first kappa shape index (κ1) is 42.0. The number of hydrogen-bond acceptors (Lipinski definition) is 8. The summed E-state index contributed by atoms with van der Waals surface area (Å²) >= 11 is 0. The third kappa shape index (κ3) is 11.6. The molecule has 0 aliphatic carbocycles. The number of nitrogens with two attached hydrogens (primary N) is 1. The van der Waals surface area contributed by atoms with Gasteiger partial charge < -0.3 is 41.5 Å². The first-order valence-corrected chi connectivity index (χ1v) is 19.0. The quantitative estimate of drug-likeness (QED) is 0.0896. The molecule has 6 atom stereocenters. The maximum absolute atomic E-state index is 14.6. The number of aryl methyl sites for hydroxylation is 1. The van der Waals surface area contributed by atoms with Crippen LogP contribution in [0.4, 0.5) is 0 Å². The zero-order valence-electron chi connectivity index (χ0n) is 31.7. The van der Waals surface area contributed by atoms with Gasteiger partial charge in [0.2, 0.25) is 17.7 Å². The fraction of sp³-hybridized carbons (Fsp3) is 0.476. The molecule has 1 saturated heterocycles. The predicted molar refractivity (Wildman–Crippen MR) is 207 cm³/mol. The number of methoxy groups -OCH3 is 1. The third-order valence-electron chi connectivity index (χ3n) is 10.6. The number of carboxylic acid groups (broad SMARTS) is 1. The first-order valence-electron chi connectivity index (χ1n) is 19.0. The van der Waals surface area contributed by atoms with E-state index < -0.39 is 41.6 Å². The Morgan fingerprint density at radius 2 is 1.61 bits per heavy atom. The number of hydrogen-bond donors (Lipinski definition) is 6. The van der Waals surface area contributed by atoms with Gasteiger partial charge in [-0.2, -0.15) is 0 Å². The van der Waals surface area contributed by atoms with E-state index in [1.807, 2.05) is 98.8 Å². The monoisotopic (exact) mass is 743 g/mol. The first-order chi connectivity index (χ1) is 26.0. The van der Waals surface area contributed by atoms with Crippen LogP contribution in [0.1, 0.15) is 69.1 Å². The smallest absolute Gasteiger partial charge is 0.303 e. The maximum Gasteiger partial charge on any atom is 0.303 e. The Balaban J connectivity index is 1.57. The molecule has 3 aromatic rings. The number of carbonyl (C=O) groups excluding carboxylic acids is 3. The van der Waals surface area contributed by atoms with E-state index in [2.05, 4.69) is 16.0 Å². The average Bonchev–Trinajstić information content (AvgIpc) is 3.50. The lowest BCUT2D eigenvalue weighted by Gasteiger charge is -2.37. The molecule has 12 nitrogen and oxygen atoms in total. The summed E-state index contributed by atoms with van der Waals surface area (Å²) in [4.78, 5) is 55.1. The van der Waals surface area contributed by atoms with Crippen molar-refractivity contribution in [3.05, 3.63) is 102 Å². The lowest BCUT2D eigenvalue weighted by atomic mass is 9.81. The fourth-order valence-corrected chi connectivity index (χ4v) is 7.12. The van der Waals surface area contributed by atoms with Crippen LogP contribution in [0.3, 0.4) is 0 Å². The van der Waals surface area contributed by atoms with E-state index in [4.69, 9.17) is 15.6 Å². The molecule has 1 fully saturated rings. The highest BCUT2D eigenvalue weighted by Gasteiger charge is 2.53. The minimum atomic E-state index is -1.28. The zero-order valence-corrected chi connectivity index (χ0v) is 31.7. The molecule has 1 unspecified atom stereocenters. The van der Waals surface area contributed by atoms with Crippen LogP contribution < -0.4 is 26.4 Å². The fourth-order valence-electron chi connectivity index (χ4n) is 7.12. The number of aliphatic hydroxyl groups excluding tert-OH is 1. The number of likely N-dealkylation sites (tertiary alicyclic amines) is 1. The molecule has 0 aromatic heterocycles. The average molecular weight is 744 g/mol. The lowest BCUT2D eigenvalue weighted by molar-refractivity contribution is -0.144. The molecule has 1 aliphatic rings. The maximum atomic E-state index is 14.6. The highest BCUT2D eigenvalue weighted by Crippen LogP contribution is 2.35. The molecular formula is C42H57N5O7. The van der Waals surface area contributed by atoms with Gasteiger partial charge >= 0.3 is 5.97 Å². The SMILES string of the molecule is CC[C@H](C)[C@@]1(NC(=O)[C@@H](N)CCCC(=O)O)CCN([C@@H](CCc2ccccc2)C(=O)N[C@@H](Cc2ccccc2)C(O)CNCc2cccc(OC)c2)C1=O. The van der Waals surface area contributed by atoms with E-state index in [-0.39, 0.29) is 56.5 Å². The Kier molecular flexibility index (Phi) is 16.0. The summed E-state index contributed by atoms with van der Waals surface area (Å²) < 4.78 is 5.34. The molecule has 3 amide bonds. The number of aliphatic carboxylic acids is 1. The Morgan fingerprint density at radius 3 is 2.26 bits per heavy atom. The minimum Gasteiger partial charge on any atom is -0.497 e. The minimum absolute atomic E-state index is 0.110. The van der Waals surface area contributed by atoms with Gasteiger partial charge in [0.1, 0.15) is 17.3 Å². The lowest BCUT2D eigenvalue weighted by Crippen LogP contribution is -2.63. The van der Waals surface area contributed by atoms with Gasteiger partial charge in [-0.05, 0) is 73.3 Å². The molecule has 12 heteroatoms. The van der Waals surface area contributed by atoms with Gasteiger partial charge in [-0.15, -0.1) is 0 Å². The van der Waals surface area contributed by atoms with E-state index >= 15 is 0 Å². The van der Waals surface area contributed by atoms with Crippen molar-refractivity contribution in [3.8, 4) is 5.75 Å². The number of carbonyl (C=O) groups is 4. The summed E-state index contributed by atoms with van der Waals surface area (Å²) in [7, 11) is 1.61. The van der Waals surface area contributed by atoms with Gasteiger partial charge in [0, 0.05) is 26.1 Å². The van der Waals surface area contributed by atoms with Gasteiger partial charge in [-0.25, -0.2) is 0 Å². The third-order valence-corrected chi connectivity index (χ3v) is 10.6. The van der Waals surface area contributed by atoms with Gasteiger partial charge in [0.15, 0.2) is 0 Å². The van der Waals surface area contributed by atoms with Gasteiger partial charge in [0.05, 0.1) is 25.3 Å². The van der Waals surface area contributed by atoms with Crippen LogP contribution in [0.15, 0.2) is 84.9 Å². The van der Waals surface area contributed by atoms with Crippen LogP contribution in [0.5, 0.6) is 5.75 Å². The molecule has 292 valence electrons. The molecule has 0 saturated carbocycles. The van der Waals surface area contributed by atoms with Crippen LogP contribution in [0.2, 0.25) is 0 Å². The number of amides is 3. The Hall–Kier alpha value is -4.78. The van der Waals surface area contributed by atoms with Gasteiger partial charge in [-0.1, -0.05) is 93.1 Å². The molecule has 0 radical (unpaired) electrons. The van der Waals surface area contributed by atoms with E-state index in [1.54, 1.807) is 12.0 Å². The highest BCUT2D eigenvalue weighted by atomic mass is 16.5. The molecule has 1 aliphatic heterocycles. The molecule has 7 N–H and O–H groups in total. The molecule has 0 bridgehead atoms. The second-order valence-corrected chi connectivity index (χ2v) is 14.3. The Labute approximate surface area is 318 Å². The van der Waals surface area contributed by atoms with Crippen LogP contribution in [-0.2, 0) is 38.6 Å². The van der Waals surface area contributed by atoms with Crippen molar-refractivity contribution in [2.45, 2.75) is 102 Å². The number of rotatable bonds is 22. The van der Waals surface area contributed by atoms with Crippen LogP contribution in [0.25, 0.3) is 0 Å². The van der Waals surface area contributed by atoms with Crippen molar-refractivity contribution in [1.29, 1.82) is 0 Å². The summed E-state index contributed by atoms with van der Waals surface area (Å²) in [6, 6.07) is 24.5. The molecule has 4 rings (SSSR count). The molecule has 54 heavy (non-hydrogen) atoms. The topological polar surface area (TPSA) is 183 Å². The molecule has 0 spiro atoms. The van der Waals surface area contributed by atoms with Crippen molar-refractivity contribution in [2.75, 3.05) is 20.2 Å². The number of nitrogens with one attached hydrogen (secondary N) is 3. The van der Waals surface area contributed by atoms with Crippen LogP contribution >= 0.6 is 0 Å². The van der Waals surface area contributed by atoms with Crippen molar-refractivity contribution in [3.63, 3.8) is 0 Å². The number of nitrogens with zero attached hydrogens (tertiary/aromatic N) is 1. The summed E-state index contributed by atoms with van der Waals surface area (Å²) in [5.74, 6) is -1.76. The van der Waals surface area contributed by atoms with Crippen molar-refractivity contribution >= 4 is 23.7 Å². The Morgan fingerprint density at radius 1 is 0.944 bits per heavy atom. The van der Waals surface area contributed by atoms with Gasteiger partial charge in [-0.3, -0.25) is 19.2 Å². The summed E-state index contributed by atoms with van der Waals surface area (Å²) in [6.07, 6.45) is 1.39. The normalized spacial score (nSPS) is 18.3. The summed E-state index contributed by atoms with van der Waals surface area (Å²) in [5, 5.41) is 30.0. The van der Waals surface area contributed by atoms with Crippen molar-refractivity contribution in [1.82, 2.24) is 20.9 Å². The van der Waals surface area contributed by atoms with E-state index in [0.29, 0.717) is 32.2 Å². The van der Waals surface area contributed by atoms with Crippen molar-refractivity contribution in [2.24, 2.45) is 11.7 Å². The second kappa shape index (κ2) is 20.6. The number of ether oxygens (including phenoxy) is 1. The molecular weight excluding hydrogens is 686 g/mol. The van der Waals surface area contributed by atoms with E-state index in [1.165, 1.54) is 0 Å². The van der Waals surface area contributed by atoms with Crippen LogP contribution in [-0.4, -0.2) is 88.8 Å².